The molecule has 0 atom stereocenters. The van der Waals surface area contributed by atoms with E-state index in [2.05, 4.69) is 17.3 Å². The fourth-order valence-corrected chi connectivity index (χ4v) is 5.90. The van der Waals surface area contributed by atoms with Gasteiger partial charge in [-0.1, -0.05) is 12.1 Å². The molecule has 0 aliphatic carbocycles. The van der Waals surface area contributed by atoms with Crippen LogP contribution in [0.3, 0.4) is 0 Å². The van der Waals surface area contributed by atoms with Crippen LogP contribution in [-0.2, 0) is 10.0 Å². The van der Waals surface area contributed by atoms with Gasteiger partial charge < -0.3 is 9.80 Å². The maximum atomic E-state index is 12.6. The number of hydrogen-bond donors (Lipinski definition) is 1. The van der Waals surface area contributed by atoms with Gasteiger partial charge in [-0.25, -0.2) is 13.4 Å². The number of anilines is 1. The molecule has 2 saturated heterocycles. The maximum absolute atomic E-state index is 12.6. The van der Waals surface area contributed by atoms with Crippen molar-refractivity contribution in [3.05, 3.63) is 29.6 Å². The molecule has 2 fully saturated rings. The van der Waals surface area contributed by atoms with Crippen molar-refractivity contribution in [3.8, 4) is 11.3 Å². The minimum absolute atomic E-state index is 0.376. The number of rotatable bonds is 4. The van der Waals surface area contributed by atoms with Crippen LogP contribution in [0.2, 0.25) is 0 Å². The molecule has 0 radical (unpaired) electrons. The molecule has 1 aromatic heterocycles. The van der Waals surface area contributed by atoms with Crippen LogP contribution in [0.5, 0.6) is 0 Å². The second kappa shape index (κ2) is 7.26. The van der Waals surface area contributed by atoms with E-state index >= 15 is 0 Å². The van der Waals surface area contributed by atoms with E-state index in [1.807, 2.05) is 12.1 Å². The number of thiazole rings is 1. The van der Waals surface area contributed by atoms with Crippen LogP contribution in [0.15, 0.2) is 34.5 Å². The molecule has 0 saturated carbocycles. The molecule has 26 heavy (non-hydrogen) atoms. The molecular weight excluding hydrogens is 368 g/mol. The summed E-state index contributed by atoms with van der Waals surface area (Å²) in [5, 5.41) is 3.12. The SMILES string of the molecule is C[NH+]1CCN(c2nc(-c3ccc(S(=O)(=O)N4CCCC4)cc3)cs2)CC1. The molecular formula is C18H25N4O2S2+. The summed E-state index contributed by atoms with van der Waals surface area (Å²) in [6.45, 7) is 5.60. The number of hydrogen-bond acceptors (Lipinski definition) is 5. The Hall–Kier alpha value is -1.48. The third kappa shape index (κ3) is 3.51. The Morgan fingerprint density at radius 1 is 1.04 bits per heavy atom. The van der Waals surface area contributed by atoms with Crippen LogP contribution in [0.25, 0.3) is 11.3 Å². The number of quaternary nitrogens is 1. The fraction of sp³-hybridized carbons (Fsp3) is 0.500. The predicted molar refractivity (Wildman–Crippen MR) is 104 cm³/mol. The zero-order valence-electron chi connectivity index (χ0n) is 15.0. The summed E-state index contributed by atoms with van der Waals surface area (Å²) in [5.41, 5.74) is 1.88. The molecule has 4 rings (SSSR count). The van der Waals surface area contributed by atoms with E-state index in [-0.39, 0.29) is 0 Å². The summed E-state index contributed by atoms with van der Waals surface area (Å²) in [6, 6.07) is 7.16. The standard InChI is InChI=1S/C18H24N4O2S2/c1-20-10-12-21(13-11-20)18-19-17(14-25-18)15-4-6-16(7-5-15)26(23,24)22-8-2-3-9-22/h4-7,14H,2-3,8-13H2,1H3/p+1. The highest BCUT2D eigenvalue weighted by atomic mass is 32.2. The highest BCUT2D eigenvalue weighted by molar-refractivity contribution is 7.89. The summed E-state index contributed by atoms with van der Waals surface area (Å²) in [7, 11) is -1.13. The van der Waals surface area contributed by atoms with Crippen molar-refractivity contribution >= 4 is 26.5 Å². The first kappa shape index (κ1) is 17.9. The van der Waals surface area contributed by atoms with Gasteiger partial charge in [0.25, 0.3) is 0 Å². The molecule has 2 aliphatic heterocycles. The van der Waals surface area contributed by atoms with Gasteiger partial charge in [-0.15, -0.1) is 11.3 Å². The third-order valence-electron chi connectivity index (χ3n) is 5.23. The Morgan fingerprint density at radius 3 is 2.35 bits per heavy atom. The van der Waals surface area contributed by atoms with E-state index in [0.717, 1.165) is 55.4 Å². The lowest BCUT2D eigenvalue weighted by atomic mass is 10.2. The third-order valence-corrected chi connectivity index (χ3v) is 8.05. The lowest BCUT2D eigenvalue weighted by molar-refractivity contribution is -0.880. The van der Waals surface area contributed by atoms with Crippen molar-refractivity contribution in [2.75, 3.05) is 51.2 Å². The van der Waals surface area contributed by atoms with E-state index in [1.54, 1.807) is 32.7 Å². The highest BCUT2D eigenvalue weighted by Gasteiger charge is 2.27. The minimum Gasteiger partial charge on any atom is -0.337 e. The Kier molecular flexibility index (Phi) is 5.00. The summed E-state index contributed by atoms with van der Waals surface area (Å²) in [5.74, 6) is 0. The first-order chi connectivity index (χ1) is 12.5. The lowest BCUT2D eigenvalue weighted by Crippen LogP contribution is -3.12. The van der Waals surface area contributed by atoms with Gasteiger partial charge in [-0.3, -0.25) is 0 Å². The zero-order chi connectivity index (χ0) is 18.1. The average molecular weight is 394 g/mol. The quantitative estimate of drug-likeness (QED) is 0.840. The Morgan fingerprint density at radius 2 is 1.69 bits per heavy atom. The molecule has 1 N–H and O–H groups in total. The lowest BCUT2D eigenvalue weighted by Gasteiger charge is -2.29. The van der Waals surface area contributed by atoms with E-state index in [4.69, 9.17) is 4.98 Å². The monoisotopic (exact) mass is 393 g/mol. The molecule has 6 nitrogen and oxygen atoms in total. The average Bonchev–Trinajstić information content (AvgIpc) is 3.35. The minimum atomic E-state index is -3.35. The highest BCUT2D eigenvalue weighted by Crippen LogP contribution is 2.29. The smallest absolute Gasteiger partial charge is 0.243 e. The first-order valence-corrected chi connectivity index (χ1v) is 11.5. The summed E-state index contributed by atoms with van der Waals surface area (Å²) in [4.78, 5) is 9.05. The van der Waals surface area contributed by atoms with Crippen molar-refractivity contribution in [2.45, 2.75) is 17.7 Å². The van der Waals surface area contributed by atoms with Gasteiger partial charge in [-0.2, -0.15) is 4.31 Å². The second-order valence-corrected chi connectivity index (χ2v) is 9.87. The number of nitrogens with one attached hydrogen (secondary N) is 1. The number of benzene rings is 1. The van der Waals surface area contributed by atoms with Crippen LogP contribution >= 0.6 is 11.3 Å². The number of aromatic nitrogens is 1. The van der Waals surface area contributed by atoms with Gasteiger partial charge in [0.05, 0.1) is 43.8 Å². The van der Waals surface area contributed by atoms with Gasteiger partial charge in [0.1, 0.15) is 0 Å². The van der Waals surface area contributed by atoms with Gasteiger partial charge >= 0.3 is 0 Å². The predicted octanol–water partition coefficient (Wildman–Crippen LogP) is 0.929. The summed E-state index contributed by atoms with van der Waals surface area (Å²) < 4.78 is 26.8. The van der Waals surface area contributed by atoms with Crippen LogP contribution in [-0.4, -0.2) is 64.0 Å². The molecule has 8 heteroatoms. The fourth-order valence-electron chi connectivity index (χ4n) is 3.50. The molecule has 140 valence electrons. The van der Waals surface area contributed by atoms with E-state index in [1.165, 1.54) is 0 Å². The van der Waals surface area contributed by atoms with E-state index in [0.29, 0.717) is 18.0 Å². The van der Waals surface area contributed by atoms with Gasteiger partial charge in [0.15, 0.2) is 5.13 Å². The largest absolute Gasteiger partial charge is 0.337 e. The molecule has 3 heterocycles. The topological polar surface area (TPSA) is 58.0 Å². The van der Waals surface area contributed by atoms with E-state index < -0.39 is 10.0 Å². The normalized spacial score (nSPS) is 20.0. The van der Waals surface area contributed by atoms with Gasteiger partial charge in [-0.05, 0) is 25.0 Å². The van der Waals surface area contributed by atoms with Crippen LogP contribution < -0.4 is 9.80 Å². The molecule has 0 amide bonds. The molecule has 0 unspecified atom stereocenters. The number of nitrogens with zero attached hydrogens (tertiary/aromatic N) is 3. The molecule has 2 aliphatic rings. The molecule has 1 aromatic carbocycles. The number of piperazine rings is 1. The Bertz CT molecular complexity index is 850. The van der Waals surface area contributed by atoms with Crippen molar-refractivity contribution in [2.24, 2.45) is 0 Å². The molecule has 0 spiro atoms. The van der Waals surface area contributed by atoms with Crippen LogP contribution in [0.4, 0.5) is 5.13 Å². The van der Waals surface area contributed by atoms with Crippen molar-refractivity contribution in [1.29, 1.82) is 0 Å². The number of sulfonamides is 1. The van der Waals surface area contributed by atoms with Crippen LogP contribution in [0, 0.1) is 0 Å². The number of likely N-dealkylation sites (N-methyl/N-ethyl adjacent to an activating group) is 1. The summed E-state index contributed by atoms with van der Waals surface area (Å²) >= 11 is 1.66. The first-order valence-electron chi connectivity index (χ1n) is 9.16. The van der Waals surface area contributed by atoms with Gasteiger partial charge in [0, 0.05) is 24.0 Å². The van der Waals surface area contributed by atoms with Gasteiger partial charge in [0.2, 0.25) is 10.0 Å². The van der Waals surface area contributed by atoms with Crippen LogP contribution in [0.1, 0.15) is 12.8 Å². The zero-order valence-corrected chi connectivity index (χ0v) is 16.7. The van der Waals surface area contributed by atoms with Crippen molar-refractivity contribution in [1.82, 2.24) is 9.29 Å². The Balaban J connectivity index is 1.51. The summed E-state index contributed by atoms with van der Waals surface area (Å²) in [6.07, 6.45) is 1.90. The maximum Gasteiger partial charge on any atom is 0.243 e. The second-order valence-electron chi connectivity index (χ2n) is 7.10. The van der Waals surface area contributed by atoms with E-state index in [9.17, 15) is 8.42 Å². The molecule has 2 aromatic rings. The molecule has 0 bridgehead atoms. The Labute approximate surface area is 159 Å². The van der Waals surface area contributed by atoms with Crippen molar-refractivity contribution < 1.29 is 13.3 Å². The van der Waals surface area contributed by atoms with Crippen molar-refractivity contribution in [3.63, 3.8) is 0 Å².